The zero-order valence-electron chi connectivity index (χ0n) is 9.59. The average Bonchev–Trinajstić information content (AvgIpc) is 2.34. The fourth-order valence-corrected chi connectivity index (χ4v) is 2.19. The van der Waals surface area contributed by atoms with Crippen LogP contribution >= 0.6 is 0 Å². The molecule has 0 aliphatic rings. The van der Waals surface area contributed by atoms with Gasteiger partial charge in [0.1, 0.15) is 0 Å². The second-order valence-corrected chi connectivity index (χ2v) is 5.41. The van der Waals surface area contributed by atoms with E-state index in [0.29, 0.717) is 5.56 Å². The molecule has 0 unspecified atom stereocenters. The molecule has 0 bridgehead atoms. The highest BCUT2D eigenvalue weighted by Gasteiger charge is 2.50. The summed E-state index contributed by atoms with van der Waals surface area (Å²) in [5.74, 6) is 0. The normalized spacial score (nSPS) is 11.9. The van der Waals surface area contributed by atoms with Crippen molar-refractivity contribution in [3.8, 4) is 0 Å². The lowest BCUT2D eigenvalue weighted by molar-refractivity contribution is -0.105. The van der Waals surface area contributed by atoms with E-state index in [2.05, 4.69) is 6.58 Å². The number of hydrogen-bond donors (Lipinski definition) is 0. The van der Waals surface area contributed by atoms with Gasteiger partial charge in [0.15, 0.2) is 6.29 Å². The predicted molar refractivity (Wildman–Crippen MR) is 62.2 cm³/mol. The summed E-state index contributed by atoms with van der Waals surface area (Å²) in [7, 11) is -5.65. The van der Waals surface area contributed by atoms with E-state index in [0.717, 1.165) is 0 Å². The number of sulfonamides is 1. The van der Waals surface area contributed by atoms with E-state index in [1.54, 1.807) is 6.07 Å². The number of hydrogen-bond acceptors (Lipinski definition) is 3. The molecule has 19 heavy (non-hydrogen) atoms. The Labute approximate surface area is 108 Å². The summed E-state index contributed by atoms with van der Waals surface area (Å²) in [6.45, 7) is 2.42. The Morgan fingerprint density at radius 3 is 2.21 bits per heavy atom. The molecule has 0 amide bonds. The minimum Gasteiger partial charge on any atom is -0.296 e. The number of alkyl halides is 3. The first kappa shape index (κ1) is 15.2. The number of halogens is 3. The van der Waals surface area contributed by atoms with E-state index in [9.17, 15) is 26.4 Å². The second kappa shape index (κ2) is 5.43. The molecule has 0 spiro atoms. The van der Waals surface area contributed by atoms with Crippen molar-refractivity contribution in [2.24, 2.45) is 0 Å². The first-order valence-corrected chi connectivity index (χ1v) is 6.41. The van der Waals surface area contributed by atoms with Gasteiger partial charge in [0.25, 0.3) is 0 Å². The largest absolute Gasteiger partial charge is 0.516 e. The molecule has 0 aliphatic heterocycles. The monoisotopic (exact) mass is 293 g/mol. The van der Waals surface area contributed by atoms with Crippen LogP contribution in [0.4, 0.5) is 13.2 Å². The quantitative estimate of drug-likeness (QED) is 0.617. The van der Waals surface area contributed by atoms with Gasteiger partial charge in [-0.05, 0) is 5.56 Å². The van der Waals surface area contributed by atoms with Gasteiger partial charge >= 0.3 is 15.5 Å². The van der Waals surface area contributed by atoms with Gasteiger partial charge in [-0.25, -0.2) is 0 Å². The Kier molecular flexibility index (Phi) is 4.35. The van der Waals surface area contributed by atoms with Gasteiger partial charge in [0.05, 0.1) is 12.2 Å². The topological polar surface area (TPSA) is 54.5 Å². The van der Waals surface area contributed by atoms with Gasteiger partial charge in [0, 0.05) is 0 Å². The highest BCUT2D eigenvalue weighted by atomic mass is 32.2. The van der Waals surface area contributed by atoms with Gasteiger partial charge in [-0.3, -0.25) is 9.10 Å². The van der Waals surface area contributed by atoms with Crippen LogP contribution in [0.15, 0.2) is 42.6 Å². The number of rotatable bonds is 5. The van der Waals surface area contributed by atoms with Crippen LogP contribution in [0, 0.1) is 0 Å². The fourth-order valence-electron chi connectivity index (χ4n) is 1.27. The highest BCUT2D eigenvalue weighted by Crippen LogP contribution is 2.29. The Bertz CT molecular complexity index is 567. The fraction of sp³-hybridized carbons (Fsp3) is 0.182. The summed E-state index contributed by atoms with van der Waals surface area (Å²) >= 11 is 0. The van der Waals surface area contributed by atoms with Gasteiger partial charge in [-0.1, -0.05) is 36.9 Å². The average molecular weight is 293 g/mol. The van der Waals surface area contributed by atoms with E-state index in [-0.39, 0.29) is 10.6 Å². The predicted octanol–water partition coefficient (Wildman–Crippen LogP) is 2.05. The number of carbonyl (C=O) groups excluding carboxylic acids is 1. The number of nitrogens with zero attached hydrogens (tertiary/aromatic N) is 1. The summed E-state index contributed by atoms with van der Waals surface area (Å²) in [6.07, 6.45) is -0.0355. The van der Waals surface area contributed by atoms with Gasteiger partial charge < -0.3 is 0 Å². The smallest absolute Gasteiger partial charge is 0.296 e. The Morgan fingerprint density at radius 2 is 1.79 bits per heavy atom. The van der Waals surface area contributed by atoms with Crippen molar-refractivity contribution < 1.29 is 26.4 Å². The zero-order valence-corrected chi connectivity index (χ0v) is 10.4. The summed E-state index contributed by atoms with van der Waals surface area (Å²) in [4.78, 5) is 10.5. The van der Waals surface area contributed by atoms with Crippen LogP contribution in [-0.4, -0.2) is 24.5 Å². The number of benzene rings is 1. The number of allylic oxidation sites excluding steroid dienone is 1. The first-order valence-electron chi connectivity index (χ1n) is 4.97. The van der Waals surface area contributed by atoms with Crippen molar-refractivity contribution in [3.05, 3.63) is 48.2 Å². The van der Waals surface area contributed by atoms with Gasteiger partial charge in [-0.2, -0.15) is 21.6 Å². The number of carbonyl (C=O) groups is 1. The molecule has 1 aromatic carbocycles. The second-order valence-electron chi connectivity index (χ2n) is 3.55. The van der Waals surface area contributed by atoms with Crippen molar-refractivity contribution >= 4 is 16.3 Å². The summed E-state index contributed by atoms with van der Waals surface area (Å²) < 4.78 is 60.1. The molecule has 0 N–H and O–H groups in total. The van der Waals surface area contributed by atoms with Crippen molar-refractivity contribution in [3.63, 3.8) is 0 Å². The number of aldehydes is 1. The maximum atomic E-state index is 12.5. The molecule has 8 heteroatoms. The Hall–Kier alpha value is -1.83. The van der Waals surface area contributed by atoms with Crippen molar-refractivity contribution in [2.75, 3.05) is 0 Å². The lowest BCUT2D eigenvalue weighted by atomic mass is 10.2. The molecule has 0 fully saturated rings. The zero-order chi connectivity index (χ0) is 14.7. The van der Waals surface area contributed by atoms with Crippen molar-refractivity contribution in [2.45, 2.75) is 12.1 Å². The maximum Gasteiger partial charge on any atom is 0.516 e. The van der Waals surface area contributed by atoms with E-state index in [1.165, 1.54) is 24.3 Å². The van der Waals surface area contributed by atoms with Gasteiger partial charge in [-0.15, -0.1) is 0 Å². The molecular formula is C11H10F3NO3S. The first-order chi connectivity index (χ1) is 8.70. The van der Waals surface area contributed by atoms with Crippen LogP contribution in [0.5, 0.6) is 0 Å². The van der Waals surface area contributed by atoms with E-state index in [1.807, 2.05) is 0 Å². The minimum absolute atomic E-state index is 0.0355. The molecule has 0 aliphatic carbocycles. The molecule has 0 saturated carbocycles. The van der Waals surface area contributed by atoms with Gasteiger partial charge in [0.2, 0.25) is 0 Å². The van der Waals surface area contributed by atoms with E-state index >= 15 is 0 Å². The van der Waals surface area contributed by atoms with Crippen LogP contribution < -0.4 is 0 Å². The SMILES string of the molecule is C=C(C=O)N(Cc1ccccc1)S(=O)(=O)C(F)(F)F. The van der Waals surface area contributed by atoms with Crippen LogP contribution in [0.2, 0.25) is 0 Å². The Balaban J connectivity index is 3.18. The minimum atomic E-state index is -5.65. The molecule has 0 radical (unpaired) electrons. The van der Waals surface area contributed by atoms with Crippen LogP contribution in [0.1, 0.15) is 5.56 Å². The lowest BCUT2D eigenvalue weighted by Crippen LogP contribution is -2.39. The molecule has 104 valence electrons. The van der Waals surface area contributed by atoms with Crippen LogP contribution in [-0.2, 0) is 21.4 Å². The van der Waals surface area contributed by atoms with Crippen LogP contribution in [0.3, 0.4) is 0 Å². The summed E-state index contributed by atoms with van der Waals surface area (Å²) in [6, 6.07) is 7.59. The third kappa shape index (κ3) is 3.34. The van der Waals surface area contributed by atoms with Crippen LogP contribution in [0.25, 0.3) is 0 Å². The van der Waals surface area contributed by atoms with E-state index in [4.69, 9.17) is 0 Å². The lowest BCUT2D eigenvalue weighted by Gasteiger charge is -2.24. The molecule has 4 nitrogen and oxygen atoms in total. The summed E-state index contributed by atoms with van der Waals surface area (Å²) in [5, 5.41) is 0. The van der Waals surface area contributed by atoms with Crippen molar-refractivity contribution in [1.82, 2.24) is 4.31 Å². The molecule has 1 rings (SSSR count). The molecule has 0 heterocycles. The molecular weight excluding hydrogens is 283 g/mol. The molecule has 1 aromatic rings. The third-order valence-corrected chi connectivity index (χ3v) is 3.74. The Morgan fingerprint density at radius 1 is 1.26 bits per heavy atom. The van der Waals surface area contributed by atoms with E-state index < -0.39 is 27.8 Å². The standard InChI is InChI=1S/C11H10F3NO3S/c1-9(8-16)15(19(17,18)11(12,13)14)7-10-5-3-2-4-6-10/h2-6,8H,1,7H2. The molecule has 0 atom stereocenters. The molecule has 0 aromatic heterocycles. The third-order valence-electron chi connectivity index (χ3n) is 2.21. The summed E-state index contributed by atoms with van der Waals surface area (Å²) in [5.41, 5.74) is -5.97. The molecule has 0 saturated heterocycles. The van der Waals surface area contributed by atoms with Crippen molar-refractivity contribution in [1.29, 1.82) is 0 Å². The highest BCUT2D eigenvalue weighted by molar-refractivity contribution is 7.90. The maximum absolute atomic E-state index is 12.5.